The molecule has 1 aromatic carbocycles. The van der Waals surface area contributed by atoms with Crippen LogP contribution in [0.15, 0.2) is 47.3 Å². The molecule has 0 aliphatic carbocycles. The third-order valence-corrected chi connectivity index (χ3v) is 3.45. The van der Waals surface area contributed by atoms with Crippen LogP contribution in [0, 0.1) is 0 Å². The summed E-state index contributed by atoms with van der Waals surface area (Å²) in [6, 6.07) is 8.97. The van der Waals surface area contributed by atoms with Crippen LogP contribution in [0.4, 0.5) is 5.69 Å². The Morgan fingerprint density at radius 2 is 2.14 bits per heavy atom. The fourth-order valence-electron chi connectivity index (χ4n) is 2.32. The minimum Gasteiger partial charge on any atom is -0.479 e. The summed E-state index contributed by atoms with van der Waals surface area (Å²) in [5, 5.41) is 2.76. The second-order valence-electron chi connectivity index (χ2n) is 5.06. The van der Waals surface area contributed by atoms with E-state index in [4.69, 9.17) is 9.15 Å². The Labute approximate surface area is 127 Å². The highest BCUT2D eigenvalue weighted by Gasteiger charge is 2.32. The molecule has 6 nitrogen and oxygen atoms in total. The number of ether oxygens (including phenoxy) is 1. The smallest absolute Gasteiger partial charge is 0.268 e. The van der Waals surface area contributed by atoms with Crippen molar-refractivity contribution in [3.8, 4) is 5.75 Å². The van der Waals surface area contributed by atoms with Gasteiger partial charge in [-0.05, 0) is 25.1 Å². The van der Waals surface area contributed by atoms with Crippen molar-refractivity contribution in [1.29, 1.82) is 0 Å². The van der Waals surface area contributed by atoms with Gasteiger partial charge < -0.3 is 14.5 Å². The first-order valence-corrected chi connectivity index (χ1v) is 7.00. The van der Waals surface area contributed by atoms with E-state index in [1.54, 1.807) is 37.6 Å². The largest absolute Gasteiger partial charge is 0.479 e. The van der Waals surface area contributed by atoms with E-state index in [0.29, 0.717) is 18.0 Å². The lowest BCUT2D eigenvalue weighted by Crippen LogP contribution is -2.48. The van der Waals surface area contributed by atoms with E-state index in [1.807, 2.05) is 12.1 Å². The van der Waals surface area contributed by atoms with Crippen LogP contribution in [0.2, 0.25) is 0 Å². The van der Waals surface area contributed by atoms with Crippen molar-refractivity contribution in [1.82, 2.24) is 5.32 Å². The molecule has 2 heterocycles. The predicted molar refractivity (Wildman–Crippen MR) is 79.4 cm³/mol. The highest BCUT2D eigenvalue weighted by molar-refractivity contribution is 6.03. The Kier molecular flexibility index (Phi) is 3.82. The van der Waals surface area contributed by atoms with Gasteiger partial charge in [0.05, 0.1) is 18.2 Å². The number of nitrogens with zero attached hydrogens (tertiary/aromatic N) is 1. The second-order valence-corrected chi connectivity index (χ2v) is 5.06. The highest BCUT2D eigenvalue weighted by Crippen LogP contribution is 2.33. The average molecular weight is 300 g/mol. The van der Waals surface area contributed by atoms with E-state index in [-0.39, 0.29) is 18.4 Å². The van der Waals surface area contributed by atoms with Gasteiger partial charge in [-0.1, -0.05) is 12.1 Å². The number of nitrogens with one attached hydrogen (secondary N) is 1. The molecule has 2 aromatic rings. The molecule has 1 aromatic heterocycles. The van der Waals surface area contributed by atoms with E-state index >= 15 is 0 Å². The summed E-state index contributed by atoms with van der Waals surface area (Å²) in [4.78, 5) is 25.8. The molecule has 0 unspecified atom stereocenters. The molecule has 0 radical (unpaired) electrons. The maximum atomic E-state index is 12.3. The molecule has 1 aliphatic rings. The first-order valence-electron chi connectivity index (χ1n) is 7.00. The maximum Gasteiger partial charge on any atom is 0.268 e. The lowest BCUT2D eigenvalue weighted by atomic mass is 10.2. The van der Waals surface area contributed by atoms with Gasteiger partial charge in [0.1, 0.15) is 12.3 Å². The number of carbonyl (C=O) groups is 2. The van der Waals surface area contributed by atoms with E-state index in [0.717, 1.165) is 5.56 Å². The molecular formula is C16H16N2O4. The van der Waals surface area contributed by atoms with Crippen LogP contribution >= 0.6 is 0 Å². The fraction of sp³-hybridized carbons (Fsp3) is 0.250. The summed E-state index contributed by atoms with van der Waals surface area (Å²) in [6.07, 6.45) is 2.51. The van der Waals surface area contributed by atoms with Gasteiger partial charge in [-0.3, -0.25) is 14.5 Å². The third-order valence-electron chi connectivity index (χ3n) is 3.45. The van der Waals surface area contributed by atoms with Crippen molar-refractivity contribution >= 4 is 17.5 Å². The number of carbonyl (C=O) groups excluding carboxylic acids is 2. The topological polar surface area (TPSA) is 71.8 Å². The van der Waals surface area contributed by atoms with E-state index in [1.165, 1.54) is 4.90 Å². The maximum absolute atomic E-state index is 12.3. The molecule has 1 aliphatic heterocycles. The van der Waals surface area contributed by atoms with Crippen LogP contribution < -0.4 is 15.0 Å². The van der Waals surface area contributed by atoms with Gasteiger partial charge in [-0.2, -0.15) is 0 Å². The molecule has 6 heteroatoms. The van der Waals surface area contributed by atoms with Crippen LogP contribution in [0.3, 0.4) is 0 Å². The first-order chi connectivity index (χ1) is 10.6. The van der Waals surface area contributed by atoms with Gasteiger partial charge in [0.25, 0.3) is 5.91 Å². The molecular weight excluding hydrogens is 284 g/mol. The van der Waals surface area contributed by atoms with Crippen LogP contribution in [0.1, 0.15) is 12.5 Å². The molecule has 0 fully saturated rings. The van der Waals surface area contributed by atoms with Crippen LogP contribution in [-0.4, -0.2) is 24.5 Å². The Hall–Kier alpha value is -2.76. The summed E-state index contributed by atoms with van der Waals surface area (Å²) in [5.41, 5.74) is 1.49. The van der Waals surface area contributed by atoms with Gasteiger partial charge in [0.15, 0.2) is 6.10 Å². The van der Waals surface area contributed by atoms with E-state index < -0.39 is 6.10 Å². The molecule has 0 bridgehead atoms. The Balaban J connectivity index is 1.70. The van der Waals surface area contributed by atoms with Crippen molar-refractivity contribution in [3.05, 3.63) is 48.4 Å². The Morgan fingerprint density at radius 1 is 1.32 bits per heavy atom. The van der Waals surface area contributed by atoms with Gasteiger partial charge in [-0.25, -0.2) is 0 Å². The summed E-state index contributed by atoms with van der Waals surface area (Å²) in [6.45, 7) is 2.00. The first kappa shape index (κ1) is 14.2. The second kappa shape index (κ2) is 5.93. The van der Waals surface area contributed by atoms with Crippen LogP contribution in [0.5, 0.6) is 5.75 Å². The zero-order valence-electron chi connectivity index (χ0n) is 12.1. The minimum absolute atomic E-state index is 0.0403. The highest BCUT2D eigenvalue weighted by atomic mass is 16.5. The molecule has 0 spiro atoms. The summed E-state index contributed by atoms with van der Waals surface area (Å²) < 4.78 is 10.5. The molecule has 0 saturated carbocycles. The minimum atomic E-state index is -0.600. The number of rotatable bonds is 4. The normalized spacial score (nSPS) is 16.9. The zero-order valence-corrected chi connectivity index (χ0v) is 12.1. The Morgan fingerprint density at radius 3 is 2.91 bits per heavy atom. The number of para-hydroxylation sites is 2. The van der Waals surface area contributed by atoms with Crippen molar-refractivity contribution in [2.45, 2.75) is 19.6 Å². The monoisotopic (exact) mass is 300 g/mol. The number of anilines is 1. The van der Waals surface area contributed by atoms with Crippen molar-refractivity contribution in [2.75, 3.05) is 11.4 Å². The molecule has 1 atom stereocenters. The van der Waals surface area contributed by atoms with Gasteiger partial charge in [0, 0.05) is 12.1 Å². The van der Waals surface area contributed by atoms with Gasteiger partial charge in [0.2, 0.25) is 5.91 Å². The summed E-state index contributed by atoms with van der Waals surface area (Å²) in [5.74, 6) is 0.146. The lowest BCUT2D eigenvalue weighted by molar-refractivity contribution is -0.128. The quantitative estimate of drug-likeness (QED) is 0.933. The van der Waals surface area contributed by atoms with Crippen LogP contribution in [0.25, 0.3) is 0 Å². The van der Waals surface area contributed by atoms with Crippen molar-refractivity contribution in [3.63, 3.8) is 0 Å². The predicted octanol–water partition coefficient (Wildman–Crippen LogP) is 1.71. The Bertz CT molecular complexity index is 681. The van der Waals surface area contributed by atoms with Gasteiger partial charge in [-0.15, -0.1) is 0 Å². The number of benzene rings is 1. The SMILES string of the molecule is C[C@H]1Oc2ccccc2N(CC(=O)NCc2ccoc2)C1=O. The fourth-order valence-corrected chi connectivity index (χ4v) is 2.32. The summed E-state index contributed by atoms with van der Waals surface area (Å²) >= 11 is 0. The number of hydrogen-bond donors (Lipinski definition) is 1. The van der Waals surface area contributed by atoms with Crippen LogP contribution in [-0.2, 0) is 16.1 Å². The van der Waals surface area contributed by atoms with Crippen molar-refractivity contribution in [2.24, 2.45) is 0 Å². The standard InChI is InChI=1S/C16H16N2O4/c1-11-16(20)18(13-4-2-3-5-14(13)22-11)9-15(19)17-8-12-6-7-21-10-12/h2-7,10-11H,8-9H2,1H3,(H,17,19)/t11-/m1/s1. The number of furan rings is 1. The number of amides is 2. The van der Waals surface area contributed by atoms with E-state index in [9.17, 15) is 9.59 Å². The zero-order chi connectivity index (χ0) is 15.5. The molecule has 3 rings (SSSR count). The average Bonchev–Trinajstić information content (AvgIpc) is 3.03. The van der Waals surface area contributed by atoms with Crippen molar-refractivity contribution < 1.29 is 18.7 Å². The lowest BCUT2D eigenvalue weighted by Gasteiger charge is -2.32. The molecule has 0 saturated heterocycles. The van der Waals surface area contributed by atoms with Gasteiger partial charge >= 0.3 is 0 Å². The molecule has 2 amide bonds. The molecule has 114 valence electrons. The molecule has 22 heavy (non-hydrogen) atoms. The summed E-state index contributed by atoms with van der Waals surface area (Å²) in [7, 11) is 0. The molecule has 1 N–H and O–H groups in total. The third kappa shape index (κ3) is 2.81. The van der Waals surface area contributed by atoms with E-state index in [2.05, 4.69) is 5.32 Å². The number of hydrogen-bond acceptors (Lipinski definition) is 4. The number of fused-ring (bicyclic) bond motifs is 1.